The summed E-state index contributed by atoms with van der Waals surface area (Å²) in [5.74, 6) is -1.43. The van der Waals surface area contributed by atoms with Crippen molar-refractivity contribution in [2.45, 2.75) is 69.0 Å². The minimum atomic E-state index is -0.930. The molecule has 8 heteroatoms. The second-order valence-electron chi connectivity index (χ2n) is 12.9. The highest BCUT2D eigenvalue weighted by Crippen LogP contribution is 2.50. The van der Waals surface area contributed by atoms with Gasteiger partial charge in [0.2, 0.25) is 0 Å². The van der Waals surface area contributed by atoms with Crippen LogP contribution in [-0.4, -0.2) is 47.6 Å². The Balaban J connectivity index is 1.28. The molecule has 4 atom stereocenters. The van der Waals surface area contributed by atoms with E-state index in [1.165, 1.54) is 0 Å². The van der Waals surface area contributed by atoms with Crippen molar-refractivity contribution in [3.8, 4) is 23.0 Å². The Bertz CT molecular complexity index is 1730. The normalized spacial score (nSPS) is 22.3. The van der Waals surface area contributed by atoms with E-state index in [1.807, 2.05) is 72.8 Å². The topological polar surface area (TPSA) is 112 Å². The lowest BCUT2D eigenvalue weighted by Gasteiger charge is -2.31. The fourth-order valence-corrected chi connectivity index (χ4v) is 7.96. The van der Waals surface area contributed by atoms with E-state index in [9.17, 15) is 19.8 Å². The summed E-state index contributed by atoms with van der Waals surface area (Å²) in [5.41, 5.74) is 6.41. The van der Waals surface area contributed by atoms with Gasteiger partial charge in [-0.15, -0.1) is 0 Å². The van der Waals surface area contributed by atoms with Gasteiger partial charge in [-0.3, -0.25) is 9.59 Å². The van der Waals surface area contributed by atoms with E-state index < -0.39 is 23.8 Å². The van der Waals surface area contributed by atoms with Gasteiger partial charge in [0.15, 0.2) is 0 Å². The third-order valence-corrected chi connectivity index (χ3v) is 10.1. The average Bonchev–Trinajstić information content (AvgIpc) is 3.79. The van der Waals surface area contributed by atoms with Crippen LogP contribution in [0.2, 0.25) is 0 Å². The summed E-state index contributed by atoms with van der Waals surface area (Å²) >= 11 is 0. The van der Waals surface area contributed by atoms with Gasteiger partial charge in [0.25, 0.3) is 0 Å². The Kier molecular flexibility index (Phi) is 7.70. The lowest BCUT2D eigenvalue weighted by molar-refractivity contribution is -0.138. The number of aliphatic carboxylic acids is 2. The minimum absolute atomic E-state index is 0.0250. The van der Waals surface area contributed by atoms with Crippen LogP contribution in [-0.2, 0) is 38.3 Å². The summed E-state index contributed by atoms with van der Waals surface area (Å²) in [6, 6.07) is 22.5. The molecule has 8 nitrogen and oxygen atoms in total. The third kappa shape index (κ3) is 5.35. The number of hydrogen-bond acceptors (Lipinski definition) is 6. The van der Waals surface area contributed by atoms with Crippen LogP contribution in [0.15, 0.2) is 72.8 Å². The van der Waals surface area contributed by atoms with Crippen LogP contribution in [0.5, 0.6) is 23.0 Å². The average molecular weight is 633 g/mol. The van der Waals surface area contributed by atoms with Crippen molar-refractivity contribution in [2.24, 2.45) is 0 Å². The highest BCUT2D eigenvalue weighted by molar-refractivity contribution is 5.86. The molecular formula is C39H36O8. The van der Waals surface area contributed by atoms with Gasteiger partial charge in [-0.05, 0) is 91.5 Å². The molecule has 0 saturated carbocycles. The maximum atomic E-state index is 13.0. The molecule has 240 valence electrons. The number of rotatable bonds is 8. The Morgan fingerprint density at radius 2 is 1.04 bits per heavy atom. The quantitative estimate of drug-likeness (QED) is 0.207. The van der Waals surface area contributed by atoms with Crippen molar-refractivity contribution in [1.29, 1.82) is 0 Å². The largest absolute Gasteiger partial charge is 0.481 e. The first-order chi connectivity index (χ1) is 23.0. The molecule has 8 rings (SSSR count). The zero-order chi connectivity index (χ0) is 32.1. The highest BCUT2D eigenvalue weighted by atomic mass is 16.5. The fourth-order valence-electron chi connectivity index (χ4n) is 7.96. The number of carboxylic acid groups (broad SMARTS) is 2. The van der Waals surface area contributed by atoms with Gasteiger partial charge in [0.05, 0.1) is 12.2 Å². The van der Waals surface area contributed by atoms with E-state index in [0.717, 1.165) is 47.9 Å². The first-order valence-electron chi connectivity index (χ1n) is 16.5. The molecule has 4 aliphatic heterocycles. The molecule has 2 N–H and O–H groups in total. The second kappa shape index (κ2) is 12.2. The Morgan fingerprint density at radius 1 is 0.596 bits per heavy atom. The van der Waals surface area contributed by atoms with E-state index in [2.05, 4.69) is 0 Å². The van der Waals surface area contributed by atoms with Crippen molar-refractivity contribution in [2.75, 3.05) is 13.2 Å². The zero-order valence-corrected chi connectivity index (χ0v) is 25.9. The predicted molar refractivity (Wildman–Crippen MR) is 173 cm³/mol. The van der Waals surface area contributed by atoms with Gasteiger partial charge in [0.1, 0.15) is 34.8 Å². The maximum Gasteiger partial charge on any atom is 0.315 e. The van der Waals surface area contributed by atoms with Crippen molar-refractivity contribution in [3.05, 3.63) is 117 Å². The van der Waals surface area contributed by atoms with E-state index in [0.29, 0.717) is 77.7 Å². The van der Waals surface area contributed by atoms with Crippen LogP contribution in [0.3, 0.4) is 0 Å². The summed E-state index contributed by atoms with van der Waals surface area (Å²) in [4.78, 5) is 26.0. The molecule has 47 heavy (non-hydrogen) atoms. The lowest BCUT2D eigenvalue weighted by atomic mass is 9.78. The number of fused-ring (bicyclic) bond motifs is 4. The molecule has 0 aliphatic carbocycles. The summed E-state index contributed by atoms with van der Waals surface area (Å²) in [6.07, 6.45) is 5.29. The van der Waals surface area contributed by atoms with Crippen LogP contribution in [0, 0.1) is 0 Å². The lowest BCUT2D eigenvalue weighted by Crippen LogP contribution is -2.24. The standard InChI is InChI=1S/C39H36O8/c40-38(41)36-26-9-1-3-11-30(26)46-32-15-13-22(28(34(32)36)20-24-7-5-17-44-24)19-23-14-16-33-35(29(23)21-25-8-6-18-45-25)37(39(42)43)27-10-2-4-12-31(27)47-33/h1-4,9-16,24-25,36-37H,5-8,17-21H2,(H,40,41)(H,42,43). The molecule has 2 saturated heterocycles. The molecule has 4 aromatic carbocycles. The van der Waals surface area contributed by atoms with Crippen molar-refractivity contribution in [1.82, 2.24) is 0 Å². The number of hydrogen-bond donors (Lipinski definition) is 2. The van der Waals surface area contributed by atoms with Gasteiger partial charge in [0, 0.05) is 35.5 Å². The van der Waals surface area contributed by atoms with Crippen molar-refractivity contribution < 1.29 is 38.7 Å². The van der Waals surface area contributed by atoms with Gasteiger partial charge in [-0.2, -0.15) is 0 Å². The fraction of sp³-hybridized carbons (Fsp3) is 0.333. The summed E-state index contributed by atoms with van der Waals surface area (Å²) in [6.45, 7) is 1.37. The minimum Gasteiger partial charge on any atom is -0.481 e. The summed E-state index contributed by atoms with van der Waals surface area (Å²) in [5, 5.41) is 21.2. The van der Waals surface area contributed by atoms with Crippen LogP contribution < -0.4 is 9.47 Å². The van der Waals surface area contributed by atoms with Gasteiger partial charge in [-0.25, -0.2) is 0 Å². The predicted octanol–water partition coefficient (Wildman–Crippen LogP) is 7.36. The Hall–Kier alpha value is -4.66. The summed E-state index contributed by atoms with van der Waals surface area (Å²) < 4.78 is 24.8. The SMILES string of the molecule is O=C(O)C1c2ccccc2Oc2ccc(Cc3ccc4c(c3CC3CCCO3)C(C(=O)O)c3ccccc3O4)c(CC3CCCO3)c21. The molecule has 4 aliphatic rings. The van der Waals surface area contributed by atoms with Crippen LogP contribution >= 0.6 is 0 Å². The van der Waals surface area contributed by atoms with E-state index in [1.54, 1.807) is 0 Å². The first-order valence-corrected chi connectivity index (χ1v) is 16.5. The second-order valence-corrected chi connectivity index (χ2v) is 12.9. The molecule has 4 heterocycles. The van der Waals surface area contributed by atoms with E-state index >= 15 is 0 Å². The van der Waals surface area contributed by atoms with Crippen molar-refractivity contribution >= 4 is 11.9 Å². The van der Waals surface area contributed by atoms with Gasteiger partial charge in [-0.1, -0.05) is 48.5 Å². The molecule has 0 aromatic heterocycles. The Labute approximate surface area is 272 Å². The molecule has 2 fully saturated rings. The molecule has 0 spiro atoms. The van der Waals surface area contributed by atoms with Crippen molar-refractivity contribution in [3.63, 3.8) is 0 Å². The summed E-state index contributed by atoms with van der Waals surface area (Å²) in [7, 11) is 0. The molecule has 0 bridgehead atoms. The molecule has 0 amide bonds. The highest BCUT2D eigenvalue weighted by Gasteiger charge is 2.39. The van der Waals surface area contributed by atoms with E-state index in [4.69, 9.17) is 18.9 Å². The van der Waals surface area contributed by atoms with Gasteiger partial charge < -0.3 is 29.2 Å². The van der Waals surface area contributed by atoms with Gasteiger partial charge >= 0.3 is 11.9 Å². The monoisotopic (exact) mass is 632 g/mol. The zero-order valence-electron chi connectivity index (χ0n) is 25.9. The maximum absolute atomic E-state index is 13.0. The first kappa shape index (κ1) is 29.7. The number of para-hydroxylation sites is 2. The molecular weight excluding hydrogens is 596 g/mol. The third-order valence-electron chi connectivity index (χ3n) is 10.1. The van der Waals surface area contributed by atoms with Crippen LogP contribution in [0.1, 0.15) is 82.0 Å². The number of benzene rings is 4. The molecule has 0 radical (unpaired) electrons. The van der Waals surface area contributed by atoms with E-state index in [-0.39, 0.29) is 12.2 Å². The number of ether oxygens (including phenoxy) is 4. The smallest absolute Gasteiger partial charge is 0.315 e. The molecule has 4 unspecified atom stereocenters. The number of carbonyl (C=O) groups is 2. The van der Waals surface area contributed by atoms with Crippen LogP contribution in [0.4, 0.5) is 0 Å². The number of carboxylic acids is 2. The Morgan fingerprint density at radius 3 is 1.45 bits per heavy atom. The molecule has 4 aromatic rings. The van der Waals surface area contributed by atoms with Crippen LogP contribution in [0.25, 0.3) is 0 Å².